The molecule has 0 fully saturated rings. The number of nitrogens with two attached hydrogens (primary N) is 1. The predicted octanol–water partition coefficient (Wildman–Crippen LogP) is 4.57. The van der Waals surface area contributed by atoms with Crippen LogP contribution >= 0.6 is 0 Å². The molecule has 4 heteroatoms. The Labute approximate surface area is 156 Å². The van der Waals surface area contributed by atoms with Crippen LogP contribution in [0.1, 0.15) is 47.6 Å². The number of esters is 1. The third kappa shape index (κ3) is 3.41. The van der Waals surface area contributed by atoms with Crippen molar-refractivity contribution in [3.05, 3.63) is 58.1 Å². The third-order valence-corrected chi connectivity index (χ3v) is 5.43. The van der Waals surface area contributed by atoms with Crippen LogP contribution in [-0.4, -0.2) is 20.1 Å². The molecule has 3 N–H and O–H groups in total. The fourth-order valence-electron chi connectivity index (χ4n) is 3.59. The molecule has 1 atom stereocenters. The number of rotatable bonds is 5. The molecule has 140 valence electrons. The number of nitrogens with one attached hydrogen (secondary N) is 1. The molecule has 2 aromatic rings. The van der Waals surface area contributed by atoms with Gasteiger partial charge in [0, 0.05) is 13.0 Å². The summed E-state index contributed by atoms with van der Waals surface area (Å²) in [6, 6.07) is 10.4. The van der Waals surface area contributed by atoms with E-state index in [1.807, 2.05) is 33.9 Å². The molecule has 1 unspecified atom stereocenters. The second kappa shape index (κ2) is 7.40. The zero-order valence-corrected chi connectivity index (χ0v) is 16.9. The number of aryl methyl sites for hydroxylation is 2. The smallest absolute Gasteiger partial charge is 0.312 e. The molecule has 4 nitrogen and oxygen atoms in total. The van der Waals surface area contributed by atoms with Crippen LogP contribution < -0.4 is 11.1 Å². The van der Waals surface area contributed by atoms with E-state index in [1.165, 1.54) is 18.2 Å². The van der Waals surface area contributed by atoms with Gasteiger partial charge in [-0.3, -0.25) is 4.79 Å². The number of methoxy groups -OCH3 is 1. The van der Waals surface area contributed by atoms with Gasteiger partial charge in [-0.05, 0) is 68.5 Å². The monoisotopic (exact) mass is 354 g/mol. The number of anilines is 2. The number of hydrogen-bond donors (Lipinski definition) is 2. The Bertz CT molecular complexity index is 825. The van der Waals surface area contributed by atoms with E-state index in [9.17, 15) is 4.79 Å². The van der Waals surface area contributed by atoms with E-state index < -0.39 is 5.41 Å². The quantitative estimate of drug-likeness (QED) is 0.610. The Hall–Kier alpha value is -2.49. The van der Waals surface area contributed by atoms with E-state index in [0.29, 0.717) is 5.69 Å². The van der Waals surface area contributed by atoms with Crippen LogP contribution in [0.5, 0.6) is 0 Å². The molecule has 2 rings (SSSR count). The standard InChI is InChI=1S/C22H30N2O2/c1-13-8-9-16(12-14(13)2)19(22(4,5)21(25)26-7)17-10-11-18(24-6)20(23)15(17)3/h8-12,19,24H,23H2,1-7H3. The van der Waals surface area contributed by atoms with E-state index in [4.69, 9.17) is 10.5 Å². The Morgan fingerprint density at radius 3 is 2.31 bits per heavy atom. The maximum Gasteiger partial charge on any atom is 0.312 e. The molecule has 0 aliphatic rings. The minimum atomic E-state index is -0.741. The lowest BCUT2D eigenvalue weighted by atomic mass is 9.69. The first kappa shape index (κ1) is 19.8. The molecule has 0 bridgehead atoms. The predicted molar refractivity (Wildman–Crippen MR) is 109 cm³/mol. The first-order valence-electron chi connectivity index (χ1n) is 8.87. The Balaban J connectivity index is 2.75. The number of carbonyl (C=O) groups is 1. The van der Waals surface area contributed by atoms with Gasteiger partial charge >= 0.3 is 5.97 Å². The van der Waals surface area contributed by atoms with Gasteiger partial charge in [-0.2, -0.15) is 0 Å². The van der Waals surface area contributed by atoms with Crippen LogP contribution in [0.4, 0.5) is 11.4 Å². The topological polar surface area (TPSA) is 64.3 Å². The zero-order valence-electron chi connectivity index (χ0n) is 16.9. The van der Waals surface area contributed by atoms with Gasteiger partial charge in [0.15, 0.2) is 0 Å². The van der Waals surface area contributed by atoms with E-state index in [2.05, 4.69) is 43.4 Å². The Morgan fingerprint density at radius 2 is 1.77 bits per heavy atom. The van der Waals surface area contributed by atoms with Crippen molar-refractivity contribution in [1.82, 2.24) is 0 Å². The summed E-state index contributed by atoms with van der Waals surface area (Å²) in [5.41, 5.74) is 12.7. The van der Waals surface area contributed by atoms with Crippen LogP contribution in [0.25, 0.3) is 0 Å². The SMILES string of the molecule is CNc1ccc(C(c2ccc(C)c(C)c2)C(C)(C)C(=O)OC)c(C)c1N. The van der Waals surface area contributed by atoms with Gasteiger partial charge in [0.1, 0.15) is 0 Å². The molecule has 0 saturated heterocycles. The second-order valence-electron chi connectivity index (χ2n) is 7.48. The van der Waals surface area contributed by atoms with E-state index in [0.717, 1.165) is 22.4 Å². The normalized spacial score (nSPS) is 12.6. The van der Waals surface area contributed by atoms with Crippen molar-refractivity contribution in [2.24, 2.45) is 5.41 Å². The van der Waals surface area contributed by atoms with Crippen molar-refractivity contribution in [2.75, 3.05) is 25.2 Å². The summed E-state index contributed by atoms with van der Waals surface area (Å²) >= 11 is 0. The van der Waals surface area contributed by atoms with Crippen LogP contribution in [-0.2, 0) is 9.53 Å². The van der Waals surface area contributed by atoms with Crippen molar-refractivity contribution < 1.29 is 9.53 Å². The molecule has 0 saturated carbocycles. The molecular formula is C22H30N2O2. The molecule has 0 heterocycles. The summed E-state index contributed by atoms with van der Waals surface area (Å²) in [6.45, 7) is 10.0. The highest BCUT2D eigenvalue weighted by Crippen LogP contribution is 2.45. The summed E-state index contributed by atoms with van der Waals surface area (Å²) in [5.74, 6) is -0.404. The highest BCUT2D eigenvalue weighted by molar-refractivity contribution is 5.79. The average molecular weight is 354 g/mol. The molecular weight excluding hydrogens is 324 g/mol. The van der Waals surface area contributed by atoms with E-state index >= 15 is 0 Å². The first-order chi connectivity index (χ1) is 12.1. The highest BCUT2D eigenvalue weighted by atomic mass is 16.5. The maximum absolute atomic E-state index is 12.6. The minimum absolute atomic E-state index is 0.164. The van der Waals surface area contributed by atoms with E-state index in [1.54, 1.807) is 0 Å². The molecule has 0 amide bonds. The Morgan fingerprint density at radius 1 is 1.12 bits per heavy atom. The van der Waals surface area contributed by atoms with Crippen molar-refractivity contribution >= 4 is 17.3 Å². The van der Waals surface area contributed by atoms with Crippen LogP contribution in [0, 0.1) is 26.2 Å². The van der Waals surface area contributed by atoms with Gasteiger partial charge in [-0.25, -0.2) is 0 Å². The van der Waals surface area contributed by atoms with Gasteiger partial charge in [0.25, 0.3) is 0 Å². The fourth-order valence-corrected chi connectivity index (χ4v) is 3.59. The number of hydrogen-bond acceptors (Lipinski definition) is 4. The lowest BCUT2D eigenvalue weighted by Crippen LogP contribution is -2.34. The van der Waals surface area contributed by atoms with Crippen LogP contribution in [0.2, 0.25) is 0 Å². The van der Waals surface area contributed by atoms with Gasteiger partial charge in [-0.15, -0.1) is 0 Å². The molecule has 0 aromatic heterocycles. The third-order valence-electron chi connectivity index (χ3n) is 5.43. The summed E-state index contributed by atoms with van der Waals surface area (Å²) in [5, 5.41) is 3.11. The van der Waals surface area contributed by atoms with Gasteiger partial charge < -0.3 is 15.8 Å². The van der Waals surface area contributed by atoms with Crippen molar-refractivity contribution in [1.29, 1.82) is 0 Å². The molecule has 0 spiro atoms. The number of nitrogen functional groups attached to an aromatic ring is 1. The number of ether oxygens (including phenoxy) is 1. The van der Waals surface area contributed by atoms with Gasteiger partial charge in [0.05, 0.1) is 23.9 Å². The summed E-state index contributed by atoms with van der Waals surface area (Å²) in [7, 11) is 3.29. The van der Waals surface area contributed by atoms with Crippen molar-refractivity contribution in [3.8, 4) is 0 Å². The second-order valence-corrected chi connectivity index (χ2v) is 7.48. The molecule has 26 heavy (non-hydrogen) atoms. The van der Waals surface area contributed by atoms with E-state index in [-0.39, 0.29) is 11.9 Å². The lowest BCUT2D eigenvalue weighted by molar-refractivity contribution is -0.151. The van der Waals surface area contributed by atoms with Crippen molar-refractivity contribution in [2.45, 2.75) is 40.5 Å². The van der Waals surface area contributed by atoms with Gasteiger partial charge in [0.2, 0.25) is 0 Å². The molecule has 0 radical (unpaired) electrons. The summed E-state index contributed by atoms with van der Waals surface area (Å²) in [4.78, 5) is 12.6. The maximum atomic E-state index is 12.6. The first-order valence-corrected chi connectivity index (χ1v) is 8.87. The Kier molecular flexibility index (Phi) is 5.65. The van der Waals surface area contributed by atoms with Crippen LogP contribution in [0.15, 0.2) is 30.3 Å². The minimum Gasteiger partial charge on any atom is -0.469 e. The average Bonchev–Trinajstić information content (AvgIpc) is 2.61. The number of carbonyl (C=O) groups excluding carboxylic acids is 1. The summed E-state index contributed by atoms with van der Waals surface area (Å²) < 4.78 is 5.13. The molecule has 0 aliphatic heterocycles. The highest BCUT2D eigenvalue weighted by Gasteiger charge is 2.41. The largest absolute Gasteiger partial charge is 0.469 e. The fraction of sp³-hybridized carbons (Fsp3) is 0.409. The van der Waals surface area contributed by atoms with Gasteiger partial charge in [-0.1, -0.05) is 24.3 Å². The lowest BCUT2D eigenvalue weighted by Gasteiger charge is -2.34. The molecule has 0 aliphatic carbocycles. The van der Waals surface area contributed by atoms with Crippen LogP contribution in [0.3, 0.4) is 0 Å². The summed E-state index contributed by atoms with van der Waals surface area (Å²) in [6.07, 6.45) is 0. The molecule has 2 aromatic carbocycles. The van der Waals surface area contributed by atoms with Crippen molar-refractivity contribution in [3.63, 3.8) is 0 Å². The zero-order chi connectivity index (χ0) is 19.6. The number of benzene rings is 2.